The zero-order chi connectivity index (χ0) is 15.2. The van der Waals surface area contributed by atoms with Gasteiger partial charge in [0, 0.05) is 52.9 Å². The van der Waals surface area contributed by atoms with Crippen LogP contribution in [0.15, 0.2) is 6.07 Å². The number of hydrogen-bond acceptors (Lipinski definition) is 6. The van der Waals surface area contributed by atoms with Gasteiger partial charge in [-0.1, -0.05) is 13.8 Å². The summed E-state index contributed by atoms with van der Waals surface area (Å²) in [4.78, 5) is 13.9. The third kappa shape index (κ3) is 4.54. The van der Waals surface area contributed by atoms with E-state index in [1.165, 1.54) is 6.54 Å². The van der Waals surface area contributed by atoms with Gasteiger partial charge in [0.05, 0.1) is 0 Å². The van der Waals surface area contributed by atoms with Crippen LogP contribution in [0.2, 0.25) is 0 Å². The normalized spacial score (nSPS) is 16.5. The lowest BCUT2D eigenvalue weighted by Gasteiger charge is -2.36. The second-order valence-corrected chi connectivity index (χ2v) is 5.89. The summed E-state index contributed by atoms with van der Waals surface area (Å²) in [6.45, 7) is 10.4. The molecular formula is C15H27N5O. The summed E-state index contributed by atoms with van der Waals surface area (Å²) in [5.41, 5.74) is 0. The van der Waals surface area contributed by atoms with E-state index in [9.17, 15) is 0 Å². The van der Waals surface area contributed by atoms with Gasteiger partial charge in [-0.3, -0.25) is 4.90 Å². The highest BCUT2D eigenvalue weighted by molar-refractivity contribution is 5.49. The quantitative estimate of drug-likeness (QED) is 0.856. The highest BCUT2D eigenvalue weighted by Gasteiger charge is 2.19. The van der Waals surface area contributed by atoms with Crippen molar-refractivity contribution in [1.82, 2.24) is 14.9 Å². The number of hydrogen-bond donors (Lipinski definition) is 1. The molecule has 0 atom stereocenters. The first-order valence-electron chi connectivity index (χ1n) is 7.64. The van der Waals surface area contributed by atoms with E-state index >= 15 is 0 Å². The van der Waals surface area contributed by atoms with E-state index in [1.807, 2.05) is 13.1 Å². The fourth-order valence-electron chi connectivity index (χ4n) is 2.64. The molecule has 1 aliphatic heterocycles. The summed E-state index contributed by atoms with van der Waals surface area (Å²) in [6, 6.07) is 2.01. The number of nitrogens with zero attached hydrogens (tertiary/aromatic N) is 4. The van der Waals surface area contributed by atoms with E-state index in [1.54, 1.807) is 7.11 Å². The molecule has 0 saturated carbocycles. The second kappa shape index (κ2) is 7.56. The Morgan fingerprint density at radius 3 is 2.52 bits per heavy atom. The summed E-state index contributed by atoms with van der Waals surface area (Å²) >= 11 is 0. The van der Waals surface area contributed by atoms with Gasteiger partial charge in [0.15, 0.2) is 5.82 Å². The van der Waals surface area contributed by atoms with Crippen molar-refractivity contribution in [3.63, 3.8) is 0 Å². The first-order valence-corrected chi connectivity index (χ1v) is 7.64. The molecule has 1 aliphatic rings. The van der Waals surface area contributed by atoms with Crippen LogP contribution in [-0.2, 0) is 11.3 Å². The zero-order valence-corrected chi connectivity index (χ0v) is 13.6. The molecule has 6 heteroatoms. The van der Waals surface area contributed by atoms with Crippen LogP contribution in [0, 0.1) is 5.92 Å². The molecule has 0 radical (unpaired) electrons. The molecule has 1 saturated heterocycles. The molecule has 6 nitrogen and oxygen atoms in total. The molecule has 2 rings (SSSR count). The standard InChI is InChI=1S/C15H27N5O/c1-12(2)10-19-5-7-20(8-6-19)15-9-13(16-3)17-14(18-15)11-21-4/h9,12H,5-8,10-11H2,1-4H3,(H,16,17,18). The zero-order valence-electron chi connectivity index (χ0n) is 13.6. The minimum Gasteiger partial charge on any atom is -0.377 e. The van der Waals surface area contributed by atoms with Gasteiger partial charge in [-0.15, -0.1) is 0 Å². The molecular weight excluding hydrogens is 266 g/mol. The van der Waals surface area contributed by atoms with Crippen LogP contribution in [0.4, 0.5) is 11.6 Å². The molecule has 2 heterocycles. The topological polar surface area (TPSA) is 53.5 Å². The SMILES string of the molecule is CNc1cc(N2CCN(CC(C)C)CC2)nc(COC)n1. The van der Waals surface area contributed by atoms with Crippen LogP contribution < -0.4 is 10.2 Å². The lowest BCUT2D eigenvalue weighted by molar-refractivity contribution is 0.178. The largest absolute Gasteiger partial charge is 0.377 e. The highest BCUT2D eigenvalue weighted by Crippen LogP contribution is 2.18. The van der Waals surface area contributed by atoms with Gasteiger partial charge in [0.2, 0.25) is 0 Å². The van der Waals surface area contributed by atoms with Gasteiger partial charge in [0.25, 0.3) is 0 Å². The molecule has 0 spiro atoms. The Hall–Kier alpha value is -1.40. The predicted octanol–water partition coefficient (Wildman–Crippen LogP) is 1.44. The molecule has 0 amide bonds. The Labute approximate surface area is 127 Å². The van der Waals surface area contributed by atoms with Crippen LogP contribution in [0.25, 0.3) is 0 Å². The minimum atomic E-state index is 0.440. The van der Waals surface area contributed by atoms with Gasteiger partial charge >= 0.3 is 0 Å². The molecule has 0 unspecified atom stereocenters. The van der Waals surface area contributed by atoms with Crippen molar-refractivity contribution in [2.24, 2.45) is 5.92 Å². The molecule has 1 aromatic rings. The molecule has 118 valence electrons. The van der Waals surface area contributed by atoms with Crippen molar-refractivity contribution in [1.29, 1.82) is 0 Å². The van der Waals surface area contributed by atoms with E-state index in [0.29, 0.717) is 6.61 Å². The molecule has 21 heavy (non-hydrogen) atoms. The fourth-order valence-corrected chi connectivity index (χ4v) is 2.64. The van der Waals surface area contributed by atoms with Gasteiger partial charge in [-0.2, -0.15) is 0 Å². The van der Waals surface area contributed by atoms with Crippen LogP contribution in [-0.4, -0.2) is 61.7 Å². The Morgan fingerprint density at radius 1 is 1.24 bits per heavy atom. The van der Waals surface area contributed by atoms with E-state index < -0.39 is 0 Å². The predicted molar refractivity (Wildman–Crippen MR) is 85.8 cm³/mol. The number of anilines is 2. The summed E-state index contributed by atoms with van der Waals surface area (Å²) in [6.07, 6.45) is 0. The van der Waals surface area contributed by atoms with Crippen LogP contribution in [0.1, 0.15) is 19.7 Å². The van der Waals surface area contributed by atoms with Gasteiger partial charge in [0.1, 0.15) is 18.2 Å². The van der Waals surface area contributed by atoms with E-state index in [2.05, 4.69) is 38.9 Å². The van der Waals surface area contributed by atoms with E-state index in [4.69, 9.17) is 4.74 Å². The minimum absolute atomic E-state index is 0.440. The number of piperazine rings is 1. The first-order chi connectivity index (χ1) is 10.1. The van der Waals surface area contributed by atoms with Crippen LogP contribution in [0.5, 0.6) is 0 Å². The van der Waals surface area contributed by atoms with E-state index in [-0.39, 0.29) is 0 Å². The van der Waals surface area contributed by atoms with Crippen molar-refractivity contribution in [2.45, 2.75) is 20.5 Å². The summed E-state index contributed by atoms with van der Waals surface area (Å²) < 4.78 is 5.15. The monoisotopic (exact) mass is 293 g/mol. The van der Waals surface area contributed by atoms with Crippen molar-refractivity contribution in [3.8, 4) is 0 Å². The van der Waals surface area contributed by atoms with Crippen molar-refractivity contribution in [3.05, 3.63) is 11.9 Å². The first kappa shape index (κ1) is 16.0. The van der Waals surface area contributed by atoms with Crippen LogP contribution >= 0.6 is 0 Å². The Balaban J connectivity index is 2.03. The van der Waals surface area contributed by atoms with Gasteiger partial charge in [-0.25, -0.2) is 9.97 Å². The van der Waals surface area contributed by atoms with Crippen LogP contribution in [0.3, 0.4) is 0 Å². The molecule has 1 N–H and O–H groups in total. The number of methoxy groups -OCH3 is 1. The number of rotatable bonds is 6. The summed E-state index contributed by atoms with van der Waals surface area (Å²) in [5, 5.41) is 3.10. The molecule has 0 bridgehead atoms. The smallest absolute Gasteiger partial charge is 0.158 e. The van der Waals surface area contributed by atoms with Crippen molar-refractivity contribution in [2.75, 3.05) is 57.1 Å². The number of ether oxygens (including phenoxy) is 1. The van der Waals surface area contributed by atoms with Gasteiger partial charge < -0.3 is 15.0 Å². The number of nitrogens with one attached hydrogen (secondary N) is 1. The lowest BCUT2D eigenvalue weighted by atomic mass is 10.2. The fraction of sp³-hybridized carbons (Fsp3) is 0.733. The molecule has 1 aromatic heterocycles. The third-order valence-electron chi connectivity index (χ3n) is 3.61. The Morgan fingerprint density at radius 2 is 1.95 bits per heavy atom. The summed E-state index contributed by atoms with van der Waals surface area (Å²) in [7, 11) is 3.54. The third-order valence-corrected chi connectivity index (χ3v) is 3.61. The maximum atomic E-state index is 5.15. The number of aromatic nitrogens is 2. The molecule has 0 aromatic carbocycles. The Bertz CT molecular complexity index is 444. The average Bonchev–Trinajstić information content (AvgIpc) is 2.47. The summed E-state index contributed by atoms with van der Waals surface area (Å²) in [5.74, 6) is 3.28. The van der Waals surface area contributed by atoms with Crippen molar-refractivity contribution >= 4 is 11.6 Å². The molecule has 0 aliphatic carbocycles. The van der Waals surface area contributed by atoms with Crippen molar-refractivity contribution < 1.29 is 4.74 Å². The Kier molecular flexibility index (Phi) is 5.76. The van der Waals surface area contributed by atoms with Gasteiger partial charge in [-0.05, 0) is 5.92 Å². The average molecular weight is 293 g/mol. The maximum absolute atomic E-state index is 5.15. The van der Waals surface area contributed by atoms with E-state index in [0.717, 1.165) is 49.6 Å². The highest BCUT2D eigenvalue weighted by atomic mass is 16.5. The second-order valence-electron chi connectivity index (χ2n) is 5.89. The maximum Gasteiger partial charge on any atom is 0.158 e. The molecule has 1 fully saturated rings. The lowest BCUT2D eigenvalue weighted by Crippen LogP contribution is -2.47.